The molecule has 0 N–H and O–H groups in total. The minimum absolute atomic E-state index is 0.104. The quantitative estimate of drug-likeness (QED) is 0.707. The Morgan fingerprint density at radius 3 is 2.54 bits per heavy atom. The fourth-order valence-electron chi connectivity index (χ4n) is 5.26. The summed E-state index contributed by atoms with van der Waals surface area (Å²) in [5.74, 6) is 0. The minimum atomic E-state index is 0.104. The zero-order valence-electron chi connectivity index (χ0n) is 14.0. The Bertz CT molecular complexity index is 819. The Kier molecular flexibility index (Phi) is 3.00. The molecule has 1 fully saturated rings. The van der Waals surface area contributed by atoms with E-state index < -0.39 is 0 Å². The van der Waals surface area contributed by atoms with Gasteiger partial charge >= 0.3 is 0 Å². The van der Waals surface area contributed by atoms with E-state index >= 15 is 0 Å². The van der Waals surface area contributed by atoms with Gasteiger partial charge in [-0.25, -0.2) is 0 Å². The second-order valence-electron chi connectivity index (χ2n) is 7.46. The van der Waals surface area contributed by atoms with Crippen molar-refractivity contribution in [2.45, 2.75) is 37.8 Å². The van der Waals surface area contributed by atoms with Crippen molar-refractivity contribution >= 4 is 6.08 Å². The fraction of sp³-hybridized carbons (Fsp3) is 0.304. The molecule has 1 heterocycles. The van der Waals surface area contributed by atoms with Crippen molar-refractivity contribution in [3.05, 3.63) is 89.6 Å². The molecule has 3 aliphatic rings. The lowest BCUT2D eigenvalue weighted by molar-refractivity contribution is 0.0265. The summed E-state index contributed by atoms with van der Waals surface area (Å²) in [5, 5.41) is 0. The molecule has 2 aliphatic carbocycles. The van der Waals surface area contributed by atoms with Crippen LogP contribution in [0.2, 0.25) is 0 Å². The van der Waals surface area contributed by atoms with Crippen LogP contribution in [-0.2, 0) is 12.1 Å². The van der Waals surface area contributed by atoms with Crippen molar-refractivity contribution in [3.63, 3.8) is 0 Å². The van der Waals surface area contributed by atoms with Crippen molar-refractivity contribution in [1.29, 1.82) is 0 Å². The van der Waals surface area contributed by atoms with Crippen LogP contribution in [0.25, 0.3) is 6.08 Å². The first kappa shape index (κ1) is 14.1. The number of benzene rings is 2. The highest BCUT2D eigenvalue weighted by molar-refractivity contribution is 5.64. The number of nitrogens with zero attached hydrogens (tertiary/aromatic N) is 1. The highest BCUT2D eigenvalue weighted by Gasteiger charge is 2.58. The Balaban J connectivity index is 1.66. The van der Waals surface area contributed by atoms with Crippen LogP contribution < -0.4 is 0 Å². The fourth-order valence-corrected chi connectivity index (χ4v) is 5.26. The molecule has 5 rings (SSSR count). The van der Waals surface area contributed by atoms with Crippen molar-refractivity contribution in [1.82, 2.24) is 4.90 Å². The third-order valence-electron chi connectivity index (χ3n) is 6.35. The maximum atomic E-state index is 2.63. The molecule has 2 aromatic carbocycles. The summed E-state index contributed by atoms with van der Waals surface area (Å²) < 4.78 is 0. The van der Waals surface area contributed by atoms with E-state index in [9.17, 15) is 0 Å². The van der Waals surface area contributed by atoms with Gasteiger partial charge < -0.3 is 4.90 Å². The summed E-state index contributed by atoms with van der Waals surface area (Å²) in [7, 11) is 0. The van der Waals surface area contributed by atoms with Gasteiger partial charge in [0.2, 0.25) is 0 Å². The van der Waals surface area contributed by atoms with Gasteiger partial charge in [-0.2, -0.15) is 0 Å². The zero-order valence-corrected chi connectivity index (χ0v) is 14.0. The molecule has 0 saturated heterocycles. The average molecular weight is 313 g/mol. The zero-order chi connectivity index (χ0) is 16.0. The van der Waals surface area contributed by atoms with Crippen molar-refractivity contribution in [2.24, 2.45) is 5.41 Å². The van der Waals surface area contributed by atoms with Crippen LogP contribution in [0.3, 0.4) is 0 Å². The van der Waals surface area contributed by atoms with E-state index in [1.165, 1.54) is 42.4 Å². The van der Waals surface area contributed by atoms with Gasteiger partial charge in [0, 0.05) is 12.0 Å². The van der Waals surface area contributed by atoms with Crippen LogP contribution in [0, 0.1) is 5.41 Å². The highest BCUT2D eigenvalue weighted by Crippen LogP contribution is 2.62. The lowest BCUT2D eigenvalue weighted by atomic mass is 9.56. The molecule has 120 valence electrons. The molecule has 0 amide bonds. The lowest BCUT2D eigenvalue weighted by Gasteiger charge is -2.55. The molecule has 1 heteroatoms. The summed E-state index contributed by atoms with van der Waals surface area (Å²) in [4.78, 5) is 2.63. The number of fused-ring (bicyclic) bond motifs is 1. The van der Waals surface area contributed by atoms with Crippen molar-refractivity contribution < 1.29 is 0 Å². The number of hydrogen-bond acceptors (Lipinski definition) is 1. The molecule has 24 heavy (non-hydrogen) atoms. The molecule has 1 nitrogen and oxygen atoms in total. The standard InChI is InChI=1S/C23H23N/c1-2-8-19(9-3-1)18-24-17-16-22-13-6-7-14-23(22,24)21-11-5-4-10-20(21)12-15-22/h1-5,8-12,15-17H,6-7,13-14,18H2. The highest BCUT2D eigenvalue weighted by atomic mass is 15.2. The Morgan fingerprint density at radius 2 is 1.62 bits per heavy atom. The molecule has 0 bridgehead atoms. The molecule has 0 aromatic heterocycles. The second-order valence-corrected chi connectivity index (χ2v) is 7.46. The van der Waals surface area contributed by atoms with Gasteiger partial charge in [0.05, 0.1) is 5.54 Å². The van der Waals surface area contributed by atoms with Gasteiger partial charge in [0.15, 0.2) is 0 Å². The van der Waals surface area contributed by atoms with Gasteiger partial charge in [0.25, 0.3) is 0 Å². The summed E-state index contributed by atoms with van der Waals surface area (Å²) >= 11 is 0. The third kappa shape index (κ3) is 1.76. The SMILES string of the molecule is C1=CC23C=CN(Cc4ccccc4)C2(CCCC3)c2ccccc21. The molecule has 0 spiro atoms. The van der Waals surface area contributed by atoms with Crippen LogP contribution >= 0.6 is 0 Å². The number of rotatable bonds is 2. The van der Waals surface area contributed by atoms with Gasteiger partial charge in [-0.15, -0.1) is 0 Å². The third-order valence-corrected chi connectivity index (χ3v) is 6.35. The predicted octanol–water partition coefficient (Wildman–Crippen LogP) is 5.50. The van der Waals surface area contributed by atoms with Crippen molar-refractivity contribution in [2.75, 3.05) is 0 Å². The largest absolute Gasteiger partial charge is 0.363 e. The van der Waals surface area contributed by atoms with E-state index in [0.29, 0.717) is 0 Å². The van der Waals surface area contributed by atoms with Crippen LogP contribution in [0.15, 0.2) is 72.9 Å². The first-order chi connectivity index (χ1) is 11.8. The number of hydrogen-bond donors (Lipinski definition) is 0. The molecule has 0 radical (unpaired) electrons. The topological polar surface area (TPSA) is 3.24 Å². The molecule has 1 saturated carbocycles. The van der Waals surface area contributed by atoms with Crippen LogP contribution in [0.5, 0.6) is 0 Å². The van der Waals surface area contributed by atoms with E-state index in [1.807, 2.05) is 0 Å². The van der Waals surface area contributed by atoms with Gasteiger partial charge in [-0.05, 0) is 35.7 Å². The van der Waals surface area contributed by atoms with E-state index in [0.717, 1.165) is 6.54 Å². The summed E-state index contributed by atoms with van der Waals surface area (Å²) in [6.45, 7) is 0.987. The second kappa shape index (κ2) is 5.11. The maximum absolute atomic E-state index is 2.63. The molecular formula is C23H23N. The van der Waals surface area contributed by atoms with Crippen LogP contribution in [0.1, 0.15) is 42.4 Å². The summed E-state index contributed by atoms with van der Waals surface area (Å²) in [5.41, 5.74) is 4.59. The predicted molar refractivity (Wildman–Crippen MR) is 99.2 cm³/mol. The first-order valence-corrected chi connectivity index (χ1v) is 9.13. The molecule has 2 atom stereocenters. The first-order valence-electron chi connectivity index (χ1n) is 9.13. The van der Waals surface area contributed by atoms with E-state index in [4.69, 9.17) is 0 Å². The Morgan fingerprint density at radius 1 is 0.833 bits per heavy atom. The molecular weight excluding hydrogens is 290 g/mol. The molecule has 1 aliphatic heterocycles. The Labute approximate surface area is 144 Å². The van der Waals surface area contributed by atoms with Crippen LogP contribution in [0.4, 0.5) is 0 Å². The average Bonchev–Trinajstić information content (AvgIpc) is 2.99. The minimum Gasteiger partial charge on any atom is -0.363 e. The monoisotopic (exact) mass is 313 g/mol. The van der Waals surface area contributed by atoms with Gasteiger partial charge in [0.1, 0.15) is 0 Å². The van der Waals surface area contributed by atoms with Gasteiger partial charge in [-0.1, -0.05) is 85.7 Å². The van der Waals surface area contributed by atoms with Crippen LogP contribution in [-0.4, -0.2) is 4.90 Å². The maximum Gasteiger partial charge on any atom is 0.0783 e. The molecule has 2 unspecified atom stereocenters. The van der Waals surface area contributed by atoms with E-state index in [2.05, 4.69) is 83.9 Å². The lowest BCUT2D eigenvalue weighted by Crippen LogP contribution is -2.53. The summed E-state index contributed by atoms with van der Waals surface area (Å²) in [6.07, 6.45) is 14.9. The van der Waals surface area contributed by atoms with Crippen molar-refractivity contribution in [3.8, 4) is 0 Å². The summed E-state index contributed by atoms with van der Waals surface area (Å²) in [6, 6.07) is 19.9. The molecule has 2 aromatic rings. The smallest absolute Gasteiger partial charge is 0.0783 e. The normalized spacial score (nSPS) is 29.9. The van der Waals surface area contributed by atoms with Gasteiger partial charge in [-0.3, -0.25) is 0 Å². The van der Waals surface area contributed by atoms with E-state index in [-0.39, 0.29) is 11.0 Å². The van der Waals surface area contributed by atoms with E-state index in [1.54, 1.807) is 0 Å². The Hall–Kier alpha value is -2.28.